The molecular formula is C16H21NO5S. The van der Waals surface area contributed by atoms with Gasteiger partial charge in [0.1, 0.15) is 0 Å². The monoisotopic (exact) mass is 339 g/mol. The van der Waals surface area contributed by atoms with Crippen LogP contribution in [0.25, 0.3) is 0 Å². The summed E-state index contributed by atoms with van der Waals surface area (Å²) in [5, 5.41) is 0. The quantitative estimate of drug-likeness (QED) is 0.563. The van der Waals surface area contributed by atoms with E-state index in [1.54, 1.807) is 19.1 Å². The molecule has 0 heterocycles. The summed E-state index contributed by atoms with van der Waals surface area (Å²) in [6.45, 7) is 3.80. The van der Waals surface area contributed by atoms with Gasteiger partial charge in [-0.2, -0.15) is 0 Å². The third-order valence-corrected chi connectivity index (χ3v) is 3.92. The Labute approximate surface area is 136 Å². The highest BCUT2D eigenvalue weighted by molar-refractivity contribution is 7.92. The summed E-state index contributed by atoms with van der Waals surface area (Å²) in [6.07, 6.45) is 5.07. The molecule has 23 heavy (non-hydrogen) atoms. The van der Waals surface area contributed by atoms with Crippen LogP contribution in [-0.4, -0.2) is 33.2 Å². The Morgan fingerprint density at radius 1 is 1.22 bits per heavy atom. The fraction of sp³-hybridized carbons (Fsp3) is 0.375. The number of rotatable bonds is 7. The molecular weight excluding hydrogens is 318 g/mol. The van der Waals surface area contributed by atoms with Crippen molar-refractivity contribution in [2.45, 2.75) is 26.7 Å². The fourth-order valence-electron chi connectivity index (χ4n) is 1.93. The van der Waals surface area contributed by atoms with E-state index in [0.29, 0.717) is 4.31 Å². The third-order valence-electron chi connectivity index (χ3n) is 2.84. The van der Waals surface area contributed by atoms with Crippen LogP contribution >= 0.6 is 0 Å². The van der Waals surface area contributed by atoms with Crippen LogP contribution in [0.2, 0.25) is 0 Å². The minimum Gasteiger partial charge on any atom is -0.462 e. The maximum atomic E-state index is 12.3. The molecule has 7 heteroatoms. The third kappa shape index (κ3) is 5.52. The van der Waals surface area contributed by atoms with Gasteiger partial charge in [0.25, 0.3) is 0 Å². The molecule has 0 aliphatic rings. The molecule has 0 saturated heterocycles. The van der Waals surface area contributed by atoms with Crippen LogP contribution in [0.15, 0.2) is 36.4 Å². The predicted octanol–water partition coefficient (Wildman–Crippen LogP) is 2.51. The number of benzene rings is 1. The van der Waals surface area contributed by atoms with Gasteiger partial charge in [0, 0.05) is 6.42 Å². The van der Waals surface area contributed by atoms with E-state index in [9.17, 15) is 18.0 Å². The normalized spacial score (nSPS) is 11.4. The number of sulfonamides is 1. The van der Waals surface area contributed by atoms with Gasteiger partial charge >= 0.3 is 5.97 Å². The zero-order valence-corrected chi connectivity index (χ0v) is 14.3. The van der Waals surface area contributed by atoms with Crippen LogP contribution in [0.3, 0.4) is 0 Å². The standard InChI is InChI=1S/C16H21NO5S/c1-4-6-7-11-15(18)17(23(3,20)21)14-10-8-9-13(12-14)16(19)22-5-2/h6-10,12H,4-5,11H2,1-3H3. The van der Waals surface area contributed by atoms with Crippen LogP contribution in [0, 0.1) is 0 Å². The number of esters is 1. The highest BCUT2D eigenvalue weighted by Gasteiger charge is 2.25. The minimum atomic E-state index is -3.81. The Bertz CT molecular complexity index is 694. The molecule has 0 unspecified atom stereocenters. The van der Waals surface area contributed by atoms with Crippen LogP contribution in [0.4, 0.5) is 5.69 Å². The number of nitrogens with zero attached hydrogens (tertiary/aromatic N) is 1. The van der Waals surface area contributed by atoms with Gasteiger partial charge in [-0.15, -0.1) is 0 Å². The first-order chi connectivity index (χ1) is 10.8. The molecule has 0 radical (unpaired) electrons. The molecule has 0 aliphatic heterocycles. The van der Waals surface area contributed by atoms with Crippen molar-refractivity contribution in [2.75, 3.05) is 17.2 Å². The van der Waals surface area contributed by atoms with Gasteiger partial charge in [-0.1, -0.05) is 25.1 Å². The van der Waals surface area contributed by atoms with Gasteiger partial charge in [-0.25, -0.2) is 17.5 Å². The number of allylic oxidation sites excluding steroid dienone is 1. The average molecular weight is 339 g/mol. The van der Waals surface area contributed by atoms with Gasteiger partial charge in [-0.05, 0) is 31.5 Å². The lowest BCUT2D eigenvalue weighted by Gasteiger charge is -2.20. The molecule has 0 bridgehead atoms. The van der Waals surface area contributed by atoms with Gasteiger partial charge in [0.15, 0.2) is 0 Å². The summed E-state index contributed by atoms with van der Waals surface area (Å²) < 4.78 is 29.5. The highest BCUT2D eigenvalue weighted by atomic mass is 32.2. The molecule has 1 amide bonds. The number of hydrogen-bond donors (Lipinski definition) is 0. The fourth-order valence-corrected chi connectivity index (χ4v) is 2.87. The van der Waals surface area contributed by atoms with E-state index in [-0.39, 0.29) is 24.3 Å². The molecule has 0 N–H and O–H groups in total. The topological polar surface area (TPSA) is 80.8 Å². The van der Waals surface area contributed by atoms with E-state index < -0.39 is 21.9 Å². The van der Waals surface area contributed by atoms with Gasteiger partial charge in [0.05, 0.1) is 24.1 Å². The van der Waals surface area contributed by atoms with E-state index in [0.717, 1.165) is 12.7 Å². The smallest absolute Gasteiger partial charge is 0.338 e. The molecule has 0 fully saturated rings. The van der Waals surface area contributed by atoms with Crippen LogP contribution in [-0.2, 0) is 19.6 Å². The molecule has 0 atom stereocenters. The molecule has 0 spiro atoms. The van der Waals surface area contributed by atoms with E-state index in [1.165, 1.54) is 24.3 Å². The number of hydrogen-bond acceptors (Lipinski definition) is 5. The van der Waals surface area contributed by atoms with E-state index in [1.807, 2.05) is 6.92 Å². The summed E-state index contributed by atoms with van der Waals surface area (Å²) in [7, 11) is -3.81. The lowest BCUT2D eigenvalue weighted by Crippen LogP contribution is -2.35. The SMILES string of the molecule is CCC=CCC(=O)N(c1cccc(C(=O)OCC)c1)S(C)(=O)=O. The maximum Gasteiger partial charge on any atom is 0.338 e. The van der Waals surface area contributed by atoms with Gasteiger partial charge in [-0.3, -0.25) is 4.79 Å². The molecule has 1 rings (SSSR count). The molecule has 0 saturated carbocycles. The van der Waals surface area contributed by atoms with Crippen molar-refractivity contribution in [3.63, 3.8) is 0 Å². The van der Waals surface area contributed by atoms with Crippen molar-refractivity contribution in [1.82, 2.24) is 0 Å². The number of carbonyl (C=O) groups excluding carboxylic acids is 2. The van der Waals surface area contributed by atoms with E-state index >= 15 is 0 Å². The highest BCUT2D eigenvalue weighted by Crippen LogP contribution is 2.21. The van der Waals surface area contributed by atoms with Gasteiger partial charge in [0.2, 0.25) is 15.9 Å². The summed E-state index contributed by atoms with van der Waals surface area (Å²) in [5.74, 6) is -1.15. The molecule has 6 nitrogen and oxygen atoms in total. The van der Waals surface area contributed by atoms with Crippen LogP contribution < -0.4 is 4.31 Å². The molecule has 1 aromatic carbocycles. The Hall–Kier alpha value is -2.15. The molecule has 0 aromatic heterocycles. The summed E-state index contributed by atoms with van der Waals surface area (Å²) in [4.78, 5) is 24.0. The van der Waals surface area contributed by atoms with E-state index in [4.69, 9.17) is 4.74 Å². The van der Waals surface area contributed by atoms with Crippen LogP contribution in [0.1, 0.15) is 37.0 Å². The van der Waals surface area contributed by atoms with E-state index in [2.05, 4.69) is 0 Å². The first-order valence-corrected chi connectivity index (χ1v) is 9.11. The number of anilines is 1. The zero-order valence-electron chi connectivity index (χ0n) is 13.5. The number of carbonyl (C=O) groups is 2. The van der Waals surface area contributed by atoms with Crippen molar-refractivity contribution in [3.05, 3.63) is 42.0 Å². The number of amides is 1. The van der Waals surface area contributed by atoms with Crippen molar-refractivity contribution in [2.24, 2.45) is 0 Å². The molecule has 1 aromatic rings. The van der Waals surface area contributed by atoms with Crippen LogP contribution in [0.5, 0.6) is 0 Å². The van der Waals surface area contributed by atoms with Crippen molar-refractivity contribution in [3.8, 4) is 0 Å². The number of ether oxygens (including phenoxy) is 1. The van der Waals surface area contributed by atoms with Gasteiger partial charge < -0.3 is 4.74 Å². The first-order valence-electron chi connectivity index (χ1n) is 7.26. The lowest BCUT2D eigenvalue weighted by atomic mass is 10.2. The second-order valence-electron chi connectivity index (χ2n) is 4.78. The maximum absolute atomic E-state index is 12.3. The summed E-state index contributed by atoms with van der Waals surface area (Å²) in [6, 6.07) is 5.81. The second-order valence-corrected chi connectivity index (χ2v) is 6.61. The zero-order chi connectivity index (χ0) is 17.5. The Kier molecular flexibility index (Phi) is 6.96. The summed E-state index contributed by atoms with van der Waals surface area (Å²) >= 11 is 0. The van der Waals surface area contributed by atoms with Crippen molar-refractivity contribution in [1.29, 1.82) is 0 Å². The Balaban J connectivity index is 3.19. The Morgan fingerprint density at radius 3 is 2.48 bits per heavy atom. The average Bonchev–Trinajstić information content (AvgIpc) is 2.47. The molecule has 126 valence electrons. The summed E-state index contributed by atoms with van der Waals surface area (Å²) in [5.41, 5.74) is 0.308. The van der Waals surface area contributed by atoms with Crippen molar-refractivity contribution < 1.29 is 22.7 Å². The predicted molar refractivity (Wildman–Crippen MR) is 88.8 cm³/mol. The first kappa shape index (κ1) is 18.9. The van der Waals surface area contributed by atoms with Crippen molar-refractivity contribution >= 4 is 27.6 Å². The second kappa shape index (κ2) is 8.47. The minimum absolute atomic E-state index is 0.0372. The molecule has 0 aliphatic carbocycles. The Morgan fingerprint density at radius 2 is 1.91 bits per heavy atom. The lowest BCUT2D eigenvalue weighted by molar-refractivity contribution is -0.116. The largest absolute Gasteiger partial charge is 0.462 e.